The summed E-state index contributed by atoms with van der Waals surface area (Å²) in [6.07, 6.45) is 6.08. The average molecular weight is 511 g/mol. The van der Waals surface area contributed by atoms with E-state index in [0.29, 0.717) is 41.6 Å². The normalized spacial score (nSPS) is 13.8. The second kappa shape index (κ2) is 12.0. The molecule has 3 aromatic rings. The molecule has 3 heterocycles. The maximum Gasteiger partial charge on any atom is 0.245 e. The summed E-state index contributed by atoms with van der Waals surface area (Å²) in [5.74, 6) is 1.51. The molecule has 0 saturated heterocycles. The fourth-order valence-electron chi connectivity index (χ4n) is 3.15. The van der Waals surface area contributed by atoms with Gasteiger partial charge in [0.2, 0.25) is 17.7 Å². The predicted molar refractivity (Wildman–Crippen MR) is 127 cm³/mol. The standard InChI is InChI=1S/C20H27ClN8O4S/c1-12(17-22-9-14(21)10-23-17)13(2)34(31)28-20-27-26-15(7-5-6-8-30)29(20)16-18(32-3)24-11-25-19(16)33-4/h9-13,30H,5-8H2,1-4H3,(H,27,28). The molecule has 14 heteroatoms. The van der Waals surface area contributed by atoms with Crippen LogP contribution < -0.4 is 14.2 Å². The van der Waals surface area contributed by atoms with Gasteiger partial charge in [-0.1, -0.05) is 18.5 Å². The molecule has 0 aliphatic heterocycles. The van der Waals surface area contributed by atoms with Gasteiger partial charge in [0.25, 0.3) is 0 Å². The number of hydrogen-bond donors (Lipinski definition) is 2. The van der Waals surface area contributed by atoms with Crippen molar-refractivity contribution in [1.29, 1.82) is 0 Å². The number of rotatable bonds is 12. The van der Waals surface area contributed by atoms with Crippen LogP contribution in [0, 0.1) is 0 Å². The highest BCUT2D eigenvalue weighted by Gasteiger charge is 2.27. The highest BCUT2D eigenvalue weighted by Crippen LogP contribution is 2.32. The van der Waals surface area contributed by atoms with E-state index in [-0.39, 0.29) is 35.5 Å². The topological polar surface area (TPSA) is 150 Å². The van der Waals surface area contributed by atoms with Crippen LogP contribution in [0.3, 0.4) is 0 Å². The summed E-state index contributed by atoms with van der Waals surface area (Å²) in [5, 5.41) is 17.7. The quantitative estimate of drug-likeness (QED) is 0.346. The van der Waals surface area contributed by atoms with Gasteiger partial charge in [-0.2, -0.15) is 9.97 Å². The molecule has 12 nitrogen and oxygen atoms in total. The molecule has 0 aliphatic rings. The van der Waals surface area contributed by atoms with Crippen LogP contribution in [0.2, 0.25) is 5.02 Å². The maximum atomic E-state index is 13.3. The Labute approximate surface area is 204 Å². The second-order valence-electron chi connectivity index (χ2n) is 7.35. The van der Waals surface area contributed by atoms with Crippen molar-refractivity contribution in [3.8, 4) is 17.4 Å². The number of hydrogen-bond acceptors (Lipinski definition) is 10. The van der Waals surface area contributed by atoms with Gasteiger partial charge in [-0.25, -0.2) is 14.2 Å². The lowest BCUT2D eigenvalue weighted by molar-refractivity contribution is 0.284. The van der Waals surface area contributed by atoms with Crippen LogP contribution in [0.25, 0.3) is 5.69 Å². The number of nitrogens with zero attached hydrogens (tertiary/aromatic N) is 7. The molecule has 34 heavy (non-hydrogen) atoms. The fourth-order valence-corrected chi connectivity index (χ4v) is 4.24. The van der Waals surface area contributed by atoms with Crippen molar-refractivity contribution in [2.24, 2.45) is 0 Å². The van der Waals surface area contributed by atoms with Crippen molar-refractivity contribution in [2.45, 2.75) is 44.3 Å². The predicted octanol–water partition coefficient (Wildman–Crippen LogP) is 2.10. The Hall–Kier alpha value is -2.90. The van der Waals surface area contributed by atoms with Gasteiger partial charge in [0.05, 0.1) is 24.5 Å². The smallest absolute Gasteiger partial charge is 0.245 e. The third-order valence-electron chi connectivity index (χ3n) is 5.19. The Kier molecular flexibility index (Phi) is 9.07. The van der Waals surface area contributed by atoms with Crippen LogP contribution in [0.1, 0.15) is 44.3 Å². The Morgan fingerprint density at radius 2 is 1.74 bits per heavy atom. The Balaban J connectivity index is 1.96. The van der Waals surface area contributed by atoms with Crippen molar-refractivity contribution in [3.05, 3.63) is 35.4 Å². The van der Waals surface area contributed by atoms with E-state index >= 15 is 0 Å². The lowest BCUT2D eigenvalue weighted by Crippen LogP contribution is -2.26. The number of unbranched alkanes of at least 4 members (excludes halogenated alkanes) is 1. The number of nitrogens with one attached hydrogen (secondary N) is 1. The molecule has 0 saturated carbocycles. The van der Waals surface area contributed by atoms with E-state index in [1.54, 1.807) is 4.57 Å². The Morgan fingerprint density at radius 1 is 1.09 bits per heavy atom. The van der Waals surface area contributed by atoms with E-state index in [0.717, 1.165) is 0 Å². The fraction of sp³-hybridized carbons (Fsp3) is 0.500. The lowest BCUT2D eigenvalue weighted by atomic mass is 10.1. The Morgan fingerprint density at radius 3 is 2.32 bits per heavy atom. The SMILES string of the molecule is COc1ncnc(OC)c1-n1c(CCCCO)nnc1NS(=O)C(C)C(C)c1ncc(Cl)cn1. The van der Waals surface area contributed by atoms with Gasteiger partial charge in [-0.15, -0.1) is 10.2 Å². The molecule has 0 aromatic carbocycles. The largest absolute Gasteiger partial charge is 0.479 e. The summed E-state index contributed by atoms with van der Waals surface area (Å²) in [7, 11) is 1.35. The first-order valence-electron chi connectivity index (χ1n) is 10.5. The van der Waals surface area contributed by atoms with E-state index in [9.17, 15) is 4.21 Å². The van der Waals surface area contributed by atoms with Gasteiger partial charge in [-0.3, -0.25) is 9.29 Å². The summed E-state index contributed by atoms with van der Waals surface area (Å²) in [4.78, 5) is 16.8. The maximum absolute atomic E-state index is 13.3. The van der Waals surface area contributed by atoms with E-state index in [1.807, 2.05) is 13.8 Å². The van der Waals surface area contributed by atoms with Gasteiger partial charge in [0.15, 0.2) is 5.69 Å². The van der Waals surface area contributed by atoms with Gasteiger partial charge < -0.3 is 14.6 Å². The molecule has 0 amide bonds. The number of aromatic nitrogens is 7. The van der Waals surface area contributed by atoms with Crippen LogP contribution >= 0.6 is 11.6 Å². The summed E-state index contributed by atoms with van der Waals surface area (Å²) in [5.41, 5.74) is 0.373. The molecule has 2 N–H and O–H groups in total. The first-order valence-corrected chi connectivity index (χ1v) is 12.1. The first kappa shape index (κ1) is 25.7. The van der Waals surface area contributed by atoms with E-state index < -0.39 is 11.0 Å². The summed E-state index contributed by atoms with van der Waals surface area (Å²) < 4.78 is 28.7. The van der Waals surface area contributed by atoms with E-state index in [4.69, 9.17) is 26.2 Å². The minimum Gasteiger partial charge on any atom is -0.479 e. The zero-order valence-electron chi connectivity index (χ0n) is 19.3. The number of methoxy groups -OCH3 is 2. The van der Waals surface area contributed by atoms with E-state index in [2.05, 4.69) is 34.9 Å². The van der Waals surface area contributed by atoms with Crippen LogP contribution in [0.5, 0.6) is 11.8 Å². The molecule has 3 rings (SSSR count). The number of ether oxygens (including phenoxy) is 2. The van der Waals surface area contributed by atoms with Crippen molar-refractivity contribution < 1.29 is 18.8 Å². The molecule has 3 aromatic heterocycles. The highest BCUT2D eigenvalue weighted by atomic mass is 35.5. The van der Waals surface area contributed by atoms with Gasteiger partial charge >= 0.3 is 0 Å². The average Bonchev–Trinajstić information content (AvgIpc) is 3.24. The zero-order chi connectivity index (χ0) is 24.7. The van der Waals surface area contributed by atoms with Crippen molar-refractivity contribution in [2.75, 3.05) is 25.5 Å². The van der Waals surface area contributed by atoms with E-state index in [1.165, 1.54) is 32.9 Å². The second-order valence-corrected chi connectivity index (χ2v) is 9.33. The minimum atomic E-state index is -1.60. The third kappa shape index (κ3) is 5.77. The van der Waals surface area contributed by atoms with Gasteiger partial charge in [0, 0.05) is 31.3 Å². The van der Waals surface area contributed by atoms with Crippen LogP contribution in [-0.2, 0) is 17.4 Å². The summed E-state index contributed by atoms with van der Waals surface area (Å²) >= 11 is 5.88. The molecule has 184 valence electrons. The molecular formula is C20H27ClN8O4S. The molecule has 0 aliphatic carbocycles. The van der Waals surface area contributed by atoms with Gasteiger partial charge in [-0.05, 0) is 19.8 Å². The van der Waals surface area contributed by atoms with Crippen molar-refractivity contribution in [1.82, 2.24) is 34.7 Å². The van der Waals surface area contributed by atoms with Crippen molar-refractivity contribution in [3.63, 3.8) is 0 Å². The number of halogens is 1. The third-order valence-corrected chi connectivity index (χ3v) is 6.85. The number of aryl methyl sites for hydroxylation is 1. The zero-order valence-corrected chi connectivity index (χ0v) is 20.9. The Bertz CT molecular complexity index is 1090. The first-order chi connectivity index (χ1) is 16.4. The molecule has 0 radical (unpaired) electrons. The van der Waals surface area contributed by atoms with Crippen LogP contribution in [0.15, 0.2) is 18.7 Å². The minimum absolute atomic E-state index is 0.0620. The molecule has 0 fully saturated rings. The number of anilines is 1. The molecule has 3 atom stereocenters. The van der Waals surface area contributed by atoms with Crippen molar-refractivity contribution >= 4 is 28.5 Å². The highest BCUT2D eigenvalue weighted by molar-refractivity contribution is 7.87. The molecule has 3 unspecified atom stereocenters. The molecular weight excluding hydrogens is 484 g/mol. The molecule has 0 spiro atoms. The lowest BCUT2D eigenvalue weighted by Gasteiger charge is -2.20. The molecule has 0 bridgehead atoms. The summed E-state index contributed by atoms with van der Waals surface area (Å²) in [6.45, 7) is 3.77. The van der Waals surface area contributed by atoms with Gasteiger partial charge in [0.1, 0.15) is 29.0 Å². The van der Waals surface area contributed by atoms with Crippen LogP contribution in [-0.4, -0.2) is 70.1 Å². The number of aliphatic hydroxyl groups is 1. The summed E-state index contributed by atoms with van der Waals surface area (Å²) in [6, 6.07) is 0. The monoisotopic (exact) mass is 510 g/mol. The number of aliphatic hydroxyl groups excluding tert-OH is 1. The van der Waals surface area contributed by atoms with Crippen LogP contribution in [0.4, 0.5) is 5.95 Å².